The molecule has 0 bridgehead atoms. The molecule has 1 N–H and O–H groups in total. The number of allylic oxidation sites excluding steroid dienone is 2. The van der Waals surface area contributed by atoms with Gasteiger partial charge in [-0.1, -0.05) is 38.1 Å². The van der Waals surface area contributed by atoms with E-state index in [2.05, 4.69) is 17.5 Å². The minimum Gasteiger partial charge on any atom is -0.352 e. The maximum Gasteiger partial charge on any atom is 0.243 e. The number of nitrogens with zero attached hydrogens (tertiary/aromatic N) is 1. The van der Waals surface area contributed by atoms with E-state index in [9.17, 15) is 13.2 Å². The molecule has 1 aliphatic carbocycles. The summed E-state index contributed by atoms with van der Waals surface area (Å²) in [6, 6.07) is 6.72. The van der Waals surface area contributed by atoms with Crippen molar-refractivity contribution in [1.29, 1.82) is 0 Å². The van der Waals surface area contributed by atoms with Crippen LogP contribution in [-0.2, 0) is 21.4 Å². The molecular formula is C18H26N2O3S. The molecule has 0 aliphatic heterocycles. The minimum absolute atomic E-state index is 0.0337. The molecule has 0 saturated heterocycles. The van der Waals surface area contributed by atoms with Gasteiger partial charge < -0.3 is 5.32 Å². The van der Waals surface area contributed by atoms with Crippen molar-refractivity contribution in [3.05, 3.63) is 42.0 Å². The number of benzene rings is 1. The van der Waals surface area contributed by atoms with Gasteiger partial charge in [0.25, 0.3) is 0 Å². The molecule has 6 heteroatoms. The molecule has 0 unspecified atom stereocenters. The Bertz CT molecular complexity index is 677. The molecule has 132 valence electrons. The number of rotatable bonds is 8. The van der Waals surface area contributed by atoms with Gasteiger partial charge in [0.15, 0.2) is 0 Å². The van der Waals surface area contributed by atoms with Gasteiger partial charge in [0.05, 0.1) is 4.90 Å². The fourth-order valence-corrected chi connectivity index (χ4v) is 4.33. The van der Waals surface area contributed by atoms with E-state index < -0.39 is 10.0 Å². The number of amides is 1. The Labute approximate surface area is 144 Å². The van der Waals surface area contributed by atoms with Crippen molar-refractivity contribution in [2.75, 3.05) is 13.1 Å². The van der Waals surface area contributed by atoms with E-state index in [1.165, 1.54) is 4.31 Å². The van der Waals surface area contributed by atoms with Crippen molar-refractivity contribution in [3.63, 3.8) is 0 Å². The monoisotopic (exact) mass is 350 g/mol. The van der Waals surface area contributed by atoms with Crippen LogP contribution in [0.5, 0.6) is 0 Å². The van der Waals surface area contributed by atoms with E-state index in [1.54, 1.807) is 24.3 Å². The first-order valence-electron chi connectivity index (χ1n) is 8.49. The van der Waals surface area contributed by atoms with Gasteiger partial charge in [-0.05, 0) is 36.5 Å². The first-order chi connectivity index (χ1) is 11.5. The van der Waals surface area contributed by atoms with Gasteiger partial charge in [0.1, 0.15) is 0 Å². The number of sulfonamides is 1. The third kappa shape index (κ3) is 4.68. The van der Waals surface area contributed by atoms with Gasteiger partial charge >= 0.3 is 0 Å². The SMILES string of the molecule is CCN(CC)S(=O)(=O)c1ccc(CNC(=O)C[C@@H]2C=CCC2)cc1. The highest BCUT2D eigenvalue weighted by molar-refractivity contribution is 7.89. The van der Waals surface area contributed by atoms with Crippen molar-refractivity contribution < 1.29 is 13.2 Å². The van der Waals surface area contributed by atoms with Crippen molar-refractivity contribution in [2.45, 2.75) is 44.6 Å². The lowest BCUT2D eigenvalue weighted by molar-refractivity contribution is -0.121. The maximum absolute atomic E-state index is 12.4. The second-order valence-corrected chi connectivity index (χ2v) is 7.92. The third-order valence-electron chi connectivity index (χ3n) is 4.32. The summed E-state index contributed by atoms with van der Waals surface area (Å²) in [7, 11) is -3.43. The summed E-state index contributed by atoms with van der Waals surface area (Å²) in [5.74, 6) is 0.387. The van der Waals surface area contributed by atoms with Gasteiger partial charge in [0.2, 0.25) is 15.9 Å². The largest absolute Gasteiger partial charge is 0.352 e. The first-order valence-corrected chi connectivity index (χ1v) is 9.93. The number of hydrogen-bond acceptors (Lipinski definition) is 3. The molecule has 0 radical (unpaired) electrons. The lowest BCUT2D eigenvalue weighted by atomic mass is 10.1. The van der Waals surface area contributed by atoms with Crippen LogP contribution < -0.4 is 5.32 Å². The quantitative estimate of drug-likeness (QED) is 0.733. The van der Waals surface area contributed by atoms with E-state index in [1.807, 2.05) is 13.8 Å². The zero-order valence-corrected chi connectivity index (χ0v) is 15.2. The highest BCUT2D eigenvalue weighted by Crippen LogP contribution is 2.20. The average Bonchev–Trinajstić information content (AvgIpc) is 3.07. The Hall–Kier alpha value is -1.66. The zero-order chi connectivity index (χ0) is 17.6. The number of carbonyl (C=O) groups is 1. The molecule has 5 nitrogen and oxygen atoms in total. The number of nitrogens with one attached hydrogen (secondary N) is 1. The summed E-state index contributed by atoms with van der Waals surface area (Å²) in [6.45, 7) is 4.97. The van der Waals surface area contributed by atoms with Crippen molar-refractivity contribution in [3.8, 4) is 0 Å². The molecule has 1 atom stereocenters. The zero-order valence-electron chi connectivity index (χ0n) is 14.4. The Morgan fingerprint density at radius 1 is 1.21 bits per heavy atom. The molecule has 1 aromatic carbocycles. The molecule has 1 aromatic rings. The summed E-state index contributed by atoms with van der Waals surface area (Å²) in [6.07, 6.45) is 6.84. The van der Waals surface area contributed by atoms with Crippen LogP contribution in [0, 0.1) is 5.92 Å². The second-order valence-electron chi connectivity index (χ2n) is 5.98. The Kier molecular flexibility index (Phi) is 6.57. The topological polar surface area (TPSA) is 66.5 Å². The van der Waals surface area contributed by atoms with E-state index in [0.717, 1.165) is 18.4 Å². The minimum atomic E-state index is -3.43. The summed E-state index contributed by atoms with van der Waals surface area (Å²) >= 11 is 0. The molecule has 0 heterocycles. The van der Waals surface area contributed by atoms with Gasteiger partial charge in [-0.15, -0.1) is 0 Å². The predicted molar refractivity (Wildman–Crippen MR) is 94.9 cm³/mol. The van der Waals surface area contributed by atoms with E-state index >= 15 is 0 Å². The predicted octanol–water partition coefficient (Wildman–Crippen LogP) is 2.69. The van der Waals surface area contributed by atoms with Crippen LogP contribution in [0.1, 0.15) is 38.7 Å². The summed E-state index contributed by atoms with van der Waals surface area (Å²) in [5, 5.41) is 2.90. The lowest BCUT2D eigenvalue weighted by Crippen LogP contribution is -2.30. The standard InChI is InChI=1S/C18H26N2O3S/c1-3-20(4-2)24(22,23)17-11-9-16(10-12-17)14-19-18(21)13-15-7-5-6-8-15/h5,7,9-12,15H,3-4,6,8,13-14H2,1-2H3,(H,19,21)/t15-/m1/s1. The molecule has 0 saturated carbocycles. The van der Waals surface area contributed by atoms with Gasteiger partial charge in [-0.2, -0.15) is 4.31 Å². The van der Waals surface area contributed by atoms with E-state index in [0.29, 0.717) is 32.0 Å². The molecule has 0 aromatic heterocycles. The third-order valence-corrected chi connectivity index (χ3v) is 6.38. The highest BCUT2D eigenvalue weighted by atomic mass is 32.2. The average molecular weight is 350 g/mol. The summed E-state index contributed by atoms with van der Waals surface area (Å²) < 4.78 is 26.3. The molecule has 1 amide bonds. The Balaban J connectivity index is 1.92. The van der Waals surface area contributed by atoms with E-state index in [4.69, 9.17) is 0 Å². The normalized spacial score (nSPS) is 17.4. The lowest BCUT2D eigenvalue weighted by Gasteiger charge is -2.18. The van der Waals surface area contributed by atoms with Crippen LogP contribution in [0.3, 0.4) is 0 Å². The van der Waals surface area contributed by atoms with Gasteiger partial charge in [-0.25, -0.2) is 8.42 Å². The van der Waals surface area contributed by atoms with Crippen molar-refractivity contribution in [1.82, 2.24) is 9.62 Å². The van der Waals surface area contributed by atoms with Crippen LogP contribution in [-0.4, -0.2) is 31.7 Å². The van der Waals surface area contributed by atoms with Gasteiger partial charge in [0, 0.05) is 26.1 Å². The molecule has 24 heavy (non-hydrogen) atoms. The number of hydrogen-bond donors (Lipinski definition) is 1. The second kappa shape index (κ2) is 8.44. The maximum atomic E-state index is 12.4. The molecular weight excluding hydrogens is 324 g/mol. The Morgan fingerprint density at radius 2 is 1.88 bits per heavy atom. The van der Waals surface area contributed by atoms with Crippen LogP contribution >= 0.6 is 0 Å². The first kappa shape index (κ1) is 18.7. The van der Waals surface area contributed by atoms with Crippen LogP contribution in [0.15, 0.2) is 41.3 Å². The Morgan fingerprint density at radius 3 is 2.42 bits per heavy atom. The molecule has 0 spiro atoms. The van der Waals surface area contributed by atoms with Gasteiger partial charge in [-0.3, -0.25) is 4.79 Å². The summed E-state index contributed by atoms with van der Waals surface area (Å²) in [5.41, 5.74) is 0.892. The van der Waals surface area contributed by atoms with Crippen LogP contribution in [0.25, 0.3) is 0 Å². The fourth-order valence-electron chi connectivity index (χ4n) is 2.87. The van der Waals surface area contributed by atoms with E-state index in [-0.39, 0.29) is 10.8 Å². The van der Waals surface area contributed by atoms with Crippen LogP contribution in [0.2, 0.25) is 0 Å². The molecule has 2 rings (SSSR count). The highest BCUT2D eigenvalue weighted by Gasteiger charge is 2.21. The van der Waals surface area contributed by atoms with Crippen LogP contribution in [0.4, 0.5) is 0 Å². The van der Waals surface area contributed by atoms with Crippen molar-refractivity contribution >= 4 is 15.9 Å². The molecule has 0 fully saturated rings. The number of carbonyl (C=O) groups excluding carboxylic acids is 1. The fraction of sp³-hybridized carbons (Fsp3) is 0.500. The molecule has 1 aliphatic rings. The summed E-state index contributed by atoms with van der Waals surface area (Å²) in [4.78, 5) is 12.2. The van der Waals surface area contributed by atoms with Crippen molar-refractivity contribution in [2.24, 2.45) is 5.92 Å². The smallest absolute Gasteiger partial charge is 0.243 e.